The summed E-state index contributed by atoms with van der Waals surface area (Å²) >= 11 is 0. The van der Waals surface area contributed by atoms with Gasteiger partial charge in [-0.3, -0.25) is 0 Å². The van der Waals surface area contributed by atoms with Crippen LogP contribution in [0.4, 0.5) is 4.79 Å². The van der Waals surface area contributed by atoms with Gasteiger partial charge in [-0.05, 0) is 30.2 Å². The number of carboxylic acids is 1. The van der Waals surface area contributed by atoms with E-state index in [1.165, 1.54) is 0 Å². The fourth-order valence-electron chi connectivity index (χ4n) is 2.01. The largest absolute Gasteiger partial charge is 0.478 e. The van der Waals surface area contributed by atoms with E-state index >= 15 is 0 Å². The van der Waals surface area contributed by atoms with E-state index in [1.807, 2.05) is 6.92 Å². The van der Waals surface area contributed by atoms with Crippen molar-refractivity contribution in [2.75, 3.05) is 6.54 Å². The highest BCUT2D eigenvalue weighted by Gasteiger charge is 2.23. The second-order valence-electron chi connectivity index (χ2n) is 4.76. The summed E-state index contributed by atoms with van der Waals surface area (Å²) in [4.78, 5) is 24.4. The second kappa shape index (κ2) is 5.14. The van der Waals surface area contributed by atoms with Gasteiger partial charge >= 0.3 is 12.0 Å². The Morgan fingerprint density at radius 2 is 2.05 bits per heavy atom. The number of aromatic carboxylic acids is 1. The topological polar surface area (TPSA) is 69.6 Å². The first-order valence-electron chi connectivity index (χ1n) is 5.99. The minimum Gasteiger partial charge on any atom is -0.478 e. The van der Waals surface area contributed by atoms with Gasteiger partial charge in [-0.2, -0.15) is 0 Å². The highest BCUT2D eigenvalue weighted by Crippen LogP contribution is 2.23. The first kappa shape index (κ1) is 13.1. The van der Waals surface area contributed by atoms with Gasteiger partial charge in [-0.15, -0.1) is 0 Å². The molecule has 2 N–H and O–H groups in total. The quantitative estimate of drug-likeness (QED) is 0.816. The molecule has 2 amide bonds. The molecular formula is C14H16N2O3. The number of carbonyl (C=O) groups is 2. The van der Waals surface area contributed by atoms with E-state index < -0.39 is 5.97 Å². The number of nitrogens with one attached hydrogen (secondary N) is 1. The summed E-state index contributed by atoms with van der Waals surface area (Å²) in [6.45, 7) is 6.98. The van der Waals surface area contributed by atoms with Crippen LogP contribution in [0.2, 0.25) is 0 Å². The molecule has 0 unspecified atom stereocenters. The number of carboxylic acid groups (broad SMARTS) is 1. The molecule has 0 aromatic heterocycles. The van der Waals surface area contributed by atoms with Crippen molar-refractivity contribution in [3.8, 4) is 0 Å². The zero-order valence-corrected chi connectivity index (χ0v) is 10.8. The minimum absolute atomic E-state index is 0.156. The summed E-state index contributed by atoms with van der Waals surface area (Å²) in [5.74, 6) is -0.951. The van der Waals surface area contributed by atoms with Crippen molar-refractivity contribution in [1.82, 2.24) is 10.2 Å². The van der Waals surface area contributed by atoms with Crippen LogP contribution < -0.4 is 5.32 Å². The predicted molar refractivity (Wildman–Crippen MR) is 70.9 cm³/mol. The Morgan fingerprint density at radius 1 is 1.37 bits per heavy atom. The van der Waals surface area contributed by atoms with Gasteiger partial charge in [0.25, 0.3) is 0 Å². The number of rotatable bonds is 3. The van der Waals surface area contributed by atoms with E-state index in [1.54, 1.807) is 23.1 Å². The van der Waals surface area contributed by atoms with Crippen LogP contribution in [0, 0.1) is 0 Å². The van der Waals surface area contributed by atoms with E-state index in [4.69, 9.17) is 5.11 Å². The van der Waals surface area contributed by atoms with Crippen LogP contribution >= 0.6 is 0 Å². The van der Waals surface area contributed by atoms with Crippen LogP contribution in [0.25, 0.3) is 0 Å². The lowest BCUT2D eigenvalue weighted by Crippen LogP contribution is -2.37. The normalized spacial score (nSPS) is 13.0. The minimum atomic E-state index is -0.951. The molecule has 0 radical (unpaired) electrons. The second-order valence-corrected chi connectivity index (χ2v) is 4.76. The van der Waals surface area contributed by atoms with Gasteiger partial charge in [0.05, 0.1) is 5.56 Å². The average molecular weight is 260 g/mol. The third-order valence-corrected chi connectivity index (χ3v) is 3.00. The molecule has 0 atom stereocenters. The van der Waals surface area contributed by atoms with Crippen LogP contribution in [0.15, 0.2) is 30.4 Å². The Kier molecular flexibility index (Phi) is 3.55. The number of fused-ring (bicyclic) bond motifs is 1. The number of amides is 2. The number of hydrogen-bond acceptors (Lipinski definition) is 2. The molecule has 1 aromatic rings. The Balaban J connectivity index is 2.05. The smallest absolute Gasteiger partial charge is 0.335 e. The van der Waals surface area contributed by atoms with Gasteiger partial charge in [0.15, 0.2) is 0 Å². The number of benzene rings is 1. The van der Waals surface area contributed by atoms with Gasteiger partial charge in [0, 0.05) is 19.6 Å². The van der Waals surface area contributed by atoms with Crippen molar-refractivity contribution in [2.24, 2.45) is 0 Å². The standard InChI is InChI=1S/C14H16N2O3/c1-9(2)6-15-14(19)16-7-11-4-3-10(13(17)18)5-12(11)8-16/h3-5H,1,6-8H2,2H3,(H,15,19)(H,17,18). The zero-order chi connectivity index (χ0) is 14.0. The molecule has 0 saturated heterocycles. The lowest BCUT2D eigenvalue weighted by Gasteiger charge is -2.16. The average Bonchev–Trinajstić information content (AvgIpc) is 2.78. The van der Waals surface area contributed by atoms with E-state index in [2.05, 4.69) is 11.9 Å². The van der Waals surface area contributed by atoms with Crippen molar-refractivity contribution in [3.05, 3.63) is 47.0 Å². The van der Waals surface area contributed by atoms with Crippen molar-refractivity contribution < 1.29 is 14.7 Å². The summed E-state index contributed by atoms with van der Waals surface area (Å²) in [6.07, 6.45) is 0. The van der Waals surface area contributed by atoms with Gasteiger partial charge in [-0.1, -0.05) is 18.2 Å². The number of nitrogens with zero attached hydrogens (tertiary/aromatic N) is 1. The first-order chi connectivity index (χ1) is 8.97. The molecule has 0 aliphatic carbocycles. The predicted octanol–water partition coefficient (Wildman–Crippen LogP) is 1.99. The van der Waals surface area contributed by atoms with Crippen LogP contribution in [0.1, 0.15) is 28.4 Å². The molecule has 5 nitrogen and oxygen atoms in total. The molecule has 1 aromatic carbocycles. The van der Waals surface area contributed by atoms with Crippen LogP contribution in [-0.4, -0.2) is 28.6 Å². The van der Waals surface area contributed by atoms with Crippen molar-refractivity contribution in [3.63, 3.8) is 0 Å². The molecule has 19 heavy (non-hydrogen) atoms. The third-order valence-electron chi connectivity index (χ3n) is 3.00. The highest BCUT2D eigenvalue weighted by atomic mass is 16.4. The van der Waals surface area contributed by atoms with Gasteiger partial charge in [-0.25, -0.2) is 9.59 Å². The fraction of sp³-hybridized carbons (Fsp3) is 0.286. The Morgan fingerprint density at radius 3 is 2.68 bits per heavy atom. The van der Waals surface area contributed by atoms with E-state index in [0.717, 1.165) is 16.7 Å². The monoisotopic (exact) mass is 260 g/mol. The fourth-order valence-corrected chi connectivity index (χ4v) is 2.01. The summed E-state index contributed by atoms with van der Waals surface area (Å²) in [5, 5.41) is 11.7. The number of hydrogen-bond donors (Lipinski definition) is 2. The number of carbonyl (C=O) groups excluding carboxylic acids is 1. The molecule has 1 aliphatic rings. The summed E-state index contributed by atoms with van der Waals surface area (Å²) in [5.41, 5.74) is 3.03. The molecule has 1 aliphatic heterocycles. The highest BCUT2D eigenvalue weighted by molar-refractivity contribution is 5.88. The van der Waals surface area contributed by atoms with Gasteiger partial charge in [0.1, 0.15) is 0 Å². The molecule has 1 heterocycles. The molecule has 2 rings (SSSR count). The van der Waals surface area contributed by atoms with E-state index in [9.17, 15) is 9.59 Å². The van der Waals surface area contributed by atoms with E-state index in [0.29, 0.717) is 19.6 Å². The Hall–Kier alpha value is -2.30. The van der Waals surface area contributed by atoms with Crippen molar-refractivity contribution in [2.45, 2.75) is 20.0 Å². The summed E-state index contributed by atoms with van der Waals surface area (Å²) in [6, 6.07) is 4.81. The van der Waals surface area contributed by atoms with Crippen LogP contribution in [-0.2, 0) is 13.1 Å². The molecule has 0 bridgehead atoms. The maximum atomic E-state index is 11.9. The zero-order valence-electron chi connectivity index (χ0n) is 10.8. The Labute approximate surface area is 111 Å². The maximum Gasteiger partial charge on any atom is 0.335 e. The van der Waals surface area contributed by atoms with Crippen molar-refractivity contribution >= 4 is 12.0 Å². The number of urea groups is 1. The molecule has 5 heteroatoms. The molecule has 0 fully saturated rings. The molecule has 0 saturated carbocycles. The Bertz CT molecular complexity index is 552. The summed E-state index contributed by atoms with van der Waals surface area (Å²) in [7, 11) is 0. The molecular weight excluding hydrogens is 244 g/mol. The lowest BCUT2D eigenvalue weighted by molar-refractivity contribution is 0.0696. The van der Waals surface area contributed by atoms with E-state index in [-0.39, 0.29) is 11.6 Å². The van der Waals surface area contributed by atoms with Crippen molar-refractivity contribution in [1.29, 1.82) is 0 Å². The first-order valence-corrected chi connectivity index (χ1v) is 5.99. The van der Waals surface area contributed by atoms with Crippen LogP contribution in [0.5, 0.6) is 0 Å². The molecule has 100 valence electrons. The molecule has 0 spiro atoms. The van der Waals surface area contributed by atoms with Gasteiger partial charge < -0.3 is 15.3 Å². The SMILES string of the molecule is C=C(C)CNC(=O)N1Cc2ccc(C(=O)O)cc2C1. The lowest BCUT2D eigenvalue weighted by atomic mass is 10.1. The third kappa shape index (κ3) is 2.93. The van der Waals surface area contributed by atoms with Gasteiger partial charge in [0.2, 0.25) is 0 Å². The summed E-state index contributed by atoms with van der Waals surface area (Å²) < 4.78 is 0. The maximum absolute atomic E-state index is 11.9. The van der Waals surface area contributed by atoms with Crippen LogP contribution in [0.3, 0.4) is 0 Å².